The molecular formula is C18H24N6O2. The molecule has 1 amide bonds. The SMILES string of the molecule is Cn1ccnc1[C@@H]1CCCN(C(=O)c2cnc(N3CCOCC3)nc2)C1. The summed E-state index contributed by atoms with van der Waals surface area (Å²) in [6.45, 7) is 4.40. The molecule has 0 N–H and O–H groups in total. The van der Waals surface area contributed by atoms with E-state index in [9.17, 15) is 4.79 Å². The average molecular weight is 356 g/mol. The van der Waals surface area contributed by atoms with Gasteiger partial charge in [0.1, 0.15) is 5.82 Å². The Labute approximate surface area is 152 Å². The maximum absolute atomic E-state index is 12.9. The predicted molar refractivity (Wildman–Crippen MR) is 96.2 cm³/mol. The largest absolute Gasteiger partial charge is 0.378 e. The van der Waals surface area contributed by atoms with E-state index >= 15 is 0 Å². The quantitative estimate of drug-likeness (QED) is 0.819. The summed E-state index contributed by atoms with van der Waals surface area (Å²) in [6.07, 6.45) is 9.09. The lowest BCUT2D eigenvalue weighted by Crippen LogP contribution is -2.40. The highest BCUT2D eigenvalue weighted by Crippen LogP contribution is 2.26. The fourth-order valence-corrected chi connectivity index (χ4v) is 3.68. The summed E-state index contributed by atoms with van der Waals surface area (Å²) in [5.74, 6) is 1.98. The summed E-state index contributed by atoms with van der Waals surface area (Å²) in [5, 5.41) is 0. The molecule has 0 spiro atoms. The van der Waals surface area contributed by atoms with Gasteiger partial charge in [-0.2, -0.15) is 0 Å². The van der Waals surface area contributed by atoms with Crippen molar-refractivity contribution in [1.82, 2.24) is 24.4 Å². The topological polar surface area (TPSA) is 76.4 Å². The van der Waals surface area contributed by atoms with Crippen LogP contribution in [0.15, 0.2) is 24.8 Å². The number of ether oxygens (including phenoxy) is 1. The number of amides is 1. The van der Waals surface area contributed by atoms with Gasteiger partial charge in [0.05, 0.1) is 18.8 Å². The lowest BCUT2D eigenvalue weighted by atomic mass is 9.96. The molecule has 8 nitrogen and oxygen atoms in total. The van der Waals surface area contributed by atoms with Gasteiger partial charge in [-0.15, -0.1) is 0 Å². The Balaban J connectivity index is 1.44. The molecular weight excluding hydrogens is 332 g/mol. The van der Waals surface area contributed by atoms with E-state index < -0.39 is 0 Å². The van der Waals surface area contributed by atoms with Crippen molar-refractivity contribution < 1.29 is 9.53 Å². The molecule has 2 aromatic rings. The smallest absolute Gasteiger partial charge is 0.257 e. The number of anilines is 1. The first-order valence-electron chi connectivity index (χ1n) is 9.13. The van der Waals surface area contributed by atoms with E-state index in [-0.39, 0.29) is 11.8 Å². The molecule has 2 aliphatic heterocycles. The summed E-state index contributed by atoms with van der Waals surface area (Å²) in [7, 11) is 2.00. The third-order valence-electron chi connectivity index (χ3n) is 5.11. The van der Waals surface area contributed by atoms with E-state index in [1.807, 2.05) is 28.9 Å². The zero-order valence-corrected chi connectivity index (χ0v) is 15.0. The molecule has 0 unspecified atom stereocenters. The van der Waals surface area contributed by atoms with Crippen LogP contribution < -0.4 is 4.90 Å². The van der Waals surface area contributed by atoms with E-state index in [1.165, 1.54) is 0 Å². The first-order chi connectivity index (χ1) is 12.7. The van der Waals surface area contributed by atoms with Gasteiger partial charge in [-0.1, -0.05) is 0 Å². The summed E-state index contributed by atoms with van der Waals surface area (Å²) in [4.78, 5) is 30.1. The highest BCUT2D eigenvalue weighted by Gasteiger charge is 2.28. The number of carbonyl (C=O) groups is 1. The van der Waals surface area contributed by atoms with Crippen molar-refractivity contribution in [3.05, 3.63) is 36.2 Å². The minimum Gasteiger partial charge on any atom is -0.378 e. The zero-order chi connectivity index (χ0) is 17.9. The van der Waals surface area contributed by atoms with Gasteiger partial charge in [0.2, 0.25) is 5.95 Å². The number of morpholine rings is 1. The lowest BCUT2D eigenvalue weighted by molar-refractivity contribution is 0.0702. The number of piperidine rings is 1. The molecule has 26 heavy (non-hydrogen) atoms. The van der Waals surface area contributed by atoms with E-state index in [0.717, 1.165) is 38.3 Å². The number of aryl methyl sites for hydroxylation is 1. The Morgan fingerprint density at radius 2 is 1.92 bits per heavy atom. The van der Waals surface area contributed by atoms with Gasteiger partial charge in [0.15, 0.2) is 0 Å². The van der Waals surface area contributed by atoms with Crippen LogP contribution in [-0.2, 0) is 11.8 Å². The average Bonchev–Trinajstić information content (AvgIpc) is 3.14. The first-order valence-corrected chi connectivity index (χ1v) is 9.13. The Morgan fingerprint density at radius 3 is 2.62 bits per heavy atom. The van der Waals surface area contributed by atoms with Crippen LogP contribution in [0, 0.1) is 0 Å². The molecule has 4 rings (SSSR count). The minimum absolute atomic E-state index is 0.00237. The molecule has 4 heterocycles. The molecule has 0 radical (unpaired) electrons. The number of hydrogen-bond donors (Lipinski definition) is 0. The van der Waals surface area contributed by atoms with E-state index in [1.54, 1.807) is 12.4 Å². The van der Waals surface area contributed by atoms with Gasteiger partial charge in [-0.25, -0.2) is 15.0 Å². The second-order valence-electron chi connectivity index (χ2n) is 6.86. The molecule has 0 saturated carbocycles. The minimum atomic E-state index is -0.00237. The Kier molecular flexibility index (Phi) is 4.83. The second kappa shape index (κ2) is 7.41. The zero-order valence-electron chi connectivity index (χ0n) is 15.0. The van der Waals surface area contributed by atoms with Gasteiger partial charge in [-0.05, 0) is 12.8 Å². The molecule has 0 aromatic carbocycles. The number of rotatable bonds is 3. The third kappa shape index (κ3) is 3.41. The van der Waals surface area contributed by atoms with Gasteiger partial charge < -0.3 is 19.1 Å². The van der Waals surface area contributed by atoms with Crippen LogP contribution in [0.1, 0.15) is 34.9 Å². The van der Waals surface area contributed by atoms with Crippen molar-refractivity contribution in [2.45, 2.75) is 18.8 Å². The maximum Gasteiger partial charge on any atom is 0.257 e. The lowest BCUT2D eigenvalue weighted by Gasteiger charge is -2.32. The van der Waals surface area contributed by atoms with Crippen molar-refractivity contribution in [3.63, 3.8) is 0 Å². The van der Waals surface area contributed by atoms with Gasteiger partial charge in [-0.3, -0.25) is 4.79 Å². The van der Waals surface area contributed by atoms with E-state index in [0.29, 0.717) is 31.3 Å². The highest BCUT2D eigenvalue weighted by atomic mass is 16.5. The number of likely N-dealkylation sites (tertiary alicyclic amines) is 1. The van der Waals surface area contributed by atoms with Crippen LogP contribution in [0.3, 0.4) is 0 Å². The van der Waals surface area contributed by atoms with Crippen LogP contribution >= 0.6 is 0 Å². The maximum atomic E-state index is 12.9. The molecule has 2 saturated heterocycles. The fourth-order valence-electron chi connectivity index (χ4n) is 3.68. The van der Waals surface area contributed by atoms with Crippen LogP contribution in [0.25, 0.3) is 0 Å². The molecule has 1 atom stereocenters. The van der Waals surface area contributed by atoms with Crippen LogP contribution in [0.2, 0.25) is 0 Å². The van der Waals surface area contributed by atoms with Crippen LogP contribution in [0.4, 0.5) is 5.95 Å². The molecule has 2 aliphatic rings. The number of aromatic nitrogens is 4. The summed E-state index contributed by atoms with van der Waals surface area (Å²) >= 11 is 0. The van der Waals surface area contributed by atoms with Crippen molar-refractivity contribution >= 4 is 11.9 Å². The Bertz CT molecular complexity index is 753. The fraction of sp³-hybridized carbons (Fsp3) is 0.556. The second-order valence-corrected chi connectivity index (χ2v) is 6.86. The molecule has 138 valence electrons. The number of carbonyl (C=O) groups excluding carboxylic acids is 1. The Morgan fingerprint density at radius 1 is 1.15 bits per heavy atom. The monoisotopic (exact) mass is 356 g/mol. The summed E-state index contributed by atoms with van der Waals surface area (Å²) in [5.41, 5.74) is 0.544. The van der Waals surface area contributed by atoms with Crippen molar-refractivity contribution in [3.8, 4) is 0 Å². The molecule has 2 aromatic heterocycles. The first kappa shape index (κ1) is 17.0. The normalized spacial score (nSPS) is 21.0. The predicted octanol–water partition coefficient (Wildman–Crippen LogP) is 1.07. The van der Waals surface area contributed by atoms with Crippen molar-refractivity contribution in [2.24, 2.45) is 7.05 Å². The highest BCUT2D eigenvalue weighted by molar-refractivity contribution is 5.93. The third-order valence-corrected chi connectivity index (χ3v) is 5.11. The molecule has 0 aliphatic carbocycles. The standard InChI is InChI=1S/C18H24N6O2/c1-22-6-4-19-16(22)14-3-2-5-24(13-14)17(25)15-11-20-18(21-12-15)23-7-9-26-10-8-23/h4,6,11-12,14H,2-3,5,7-10,13H2,1H3/t14-/m1/s1. The van der Waals surface area contributed by atoms with E-state index in [2.05, 4.69) is 19.9 Å². The van der Waals surface area contributed by atoms with Crippen LogP contribution in [0.5, 0.6) is 0 Å². The van der Waals surface area contributed by atoms with Gasteiger partial charge in [0, 0.05) is 63.9 Å². The molecule has 0 bridgehead atoms. The Hall–Kier alpha value is -2.48. The number of nitrogens with zero attached hydrogens (tertiary/aromatic N) is 6. The summed E-state index contributed by atoms with van der Waals surface area (Å²) in [6, 6.07) is 0. The van der Waals surface area contributed by atoms with Crippen molar-refractivity contribution in [2.75, 3.05) is 44.3 Å². The van der Waals surface area contributed by atoms with Gasteiger partial charge in [0.25, 0.3) is 5.91 Å². The number of hydrogen-bond acceptors (Lipinski definition) is 6. The molecule has 2 fully saturated rings. The summed E-state index contributed by atoms with van der Waals surface area (Å²) < 4.78 is 7.39. The molecule has 8 heteroatoms. The number of imidazole rings is 1. The van der Waals surface area contributed by atoms with Gasteiger partial charge >= 0.3 is 0 Å². The van der Waals surface area contributed by atoms with Crippen molar-refractivity contribution in [1.29, 1.82) is 0 Å². The van der Waals surface area contributed by atoms with Crippen LogP contribution in [-0.4, -0.2) is 69.7 Å². The van der Waals surface area contributed by atoms with E-state index in [4.69, 9.17) is 4.74 Å².